The van der Waals surface area contributed by atoms with E-state index in [-0.39, 0.29) is 23.2 Å². The van der Waals surface area contributed by atoms with E-state index in [1.165, 1.54) is 13.0 Å². The average molecular weight is 398 g/mol. The molecule has 2 N–H and O–H groups in total. The lowest BCUT2D eigenvalue weighted by Crippen LogP contribution is -2.55. The number of rotatable bonds is 6. The van der Waals surface area contributed by atoms with Gasteiger partial charge in [-0.25, -0.2) is 4.39 Å². The molecule has 1 aromatic carbocycles. The third-order valence-corrected chi connectivity index (χ3v) is 6.19. The van der Waals surface area contributed by atoms with Crippen LogP contribution in [0.15, 0.2) is 30.5 Å². The SMILES string of the molecule is CC(=O)NCC1CCn2ncc(C(=O)NC3(Cc4cccc(F)c4)CCC3)c2C1. The molecule has 1 aliphatic carbocycles. The Morgan fingerprint density at radius 3 is 2.86 bits per heavy atom. The Morgan fingerprint density at radius 1 is 1.34 bits per heavy atom. The van der Waals surface area contributed by atoms with E-state index in [2.05, 4.69) is 15.7 Å². The first-order chi connectivity index (χ1) is 13.9. The van der Waals surface area contributed by atoms with Gasteiger partial charge in [-0.05, 0) is 62.1 Å². The van der Waals surface area contributed by atoms with Gasteiger partial charge in [-0.15, -0.1) is 0 Å². The first-order valence-electron chi connectivity index (χ1n) is 10.3. The van der Waals surface area contributed by atoms with Crippen LogP contribution < -0.4 is 10.6 Å². The second kappa shape index (κ2) is 7.97. The summed E-state index contributed by atoms with van der Waals surface area (Å²) in [6.07, 6.45) is 6.78. The molecule has 1 aromatic heterocycles. The van der Waals surface area contributed by atoms with Crippen LogP contribution in [0, 0.1) is 11.7 Å². The number of nitrogens with one attached hydrogen (secondary N) is 2. The average Bonchev–Trinajstić information content (AvgIpc) is 3.08. The molecule has 2 aromatic rings. The minimum absolute atomic E-state index is 0.0358. The zero-order valence-electron chi connectivity index (χ0n) is 16.7. The minimum atomic E-state index is -0.316. The Hall–Kier alpha value is -2.70. The summed E-state index contributed by atoms with van der Waals surface area (Å²) in [5, 5.41) is 10.5. The summed E-state index contributed by atoms with van der Waals surface area (Å²) in [5.74, 6) is -0.0901. The van der Waals surface area contributed by atoms with Crippen LogP contribution in [0.5, 0.6) is 0 Å². The van der Waals surface area contributed by atoms with E-state index < -0.39 is 0 Å². The highest BCUT2D eigenvalue weighted by Crippen LogP contribution is 2.36. The van der Waals surface area contributed by atoms with E-state index in [9.17, 15) is 14.0 Å². The van der Waals surface area contributed by atoms with Crippen molar-refractivity contribution >= 4 is 11.8 Å². The van der Waals surface area contributed by atoms with Gasteiger partial charge in [-0.3, -0.25) is 14.3 Å². The third-order valence-electron chi connectivity index (χ3n) is 6.19. The van der Waals surface area contributed by atoms with Gasteiger partial charge in [0.2, 0.25) is 5.91 Å². The Kier molecular flexibility index (Phi) is 5.39. The van der Waals surface area contributed by atoms with Crippen LogP contribution in [-0.4, -0.2) is 33.7 Å². The van der Waals surface area contributed by atoms with Crippen LogP contribution in [0.25, 0.3) is 0 Å². The molecule has 0 saturated heterocycles. The van der Waals surface area contributed by atoms with Gasteiger partial charge in [0.15, 0.2) is 0 Å². The number of aryl methyl sites for hydroxylation is 1. The Labute approximate surface area is 169 Å². The molecule has 154 valence electrons. The fraction of sp³-hybridized carbons (Fsp3) is 0.500. The van der Waals surface area contributed by atoms with E-state index in [0.717, 1.165) is 49.9 Å². The molecule has 7 heteroatoms. The van der Waals surface area contributed by atoms with Gasteiger partial charge in [0.25, 0.3) is 5.91 Å². The summed E-state index contributed by atoms with van der Waals surface area (Å²) < 4.78 is 15.5. The van der Waals surface area contributed by atoms with E-state index in [4.69, 9.17) is 0 Å². The predicted octanol–water partition coefficient (Wildman–Crippen LogP) is 2.62. The maximum Gasteiger partial charge on any atom is 0.255 e. The van der Waals surface area contributed by atoms with Gasteiger partial charge in [-0.2, -0.15) is 5.10 Å². The van der Waals surface area contributed by atoms with Crippen LogP contribution in [0.2, 0.25) is 0 Å². The number of hydrogen-bond donors (Lipinski definition) is 2. The van der Waals surface area contributed by atoms with Gasteiger partial charge in [0, 0.05) is 25.6 Å². The summed E-state index contributed by atoms with van der Waals surface area (Å²) in [6, 6.07) is 6.60. The molecule has 1 unspecified atom stereocenters. The van der Waals surface area contributed by atoms with Crippen molar-refractivity contribution in [2.75, 3.05) is 6.54 Å². The van der Waals surface area contributed by atoms with Gasteiger partial charge >= 0.3 is 0 Å². The van der Waals surface area contributed by atoms with Gasteiger partial charge in [-0.1, -0.05) is 12.1 Å². The second-order valence-corrected chi connectivity index (χ2v) is 8.42. The highest BCUT2D eigenvalue weighted by Gasteiger charge is 2.39. The number of nitrogens with zero attached hydrogens (tertiary/aromatic N) is 2. The van der Waals surface area contributed by atoms with Crippen molar-refractivity contribution in [3.05, 3.63) is 53.1 Å². The normalized spacial score (nSPS) is 19.7. The lowest BCUT2D eigenvalue weighted by Gasteiger charge is -2.43. The van der Waals surface area contributed by atoms with Crippen molar-refractivity contribution in [3.8, 4) is 0 Å². The number of carbonyl (C=O) groups is 2. The zero-order valence-corrected chi connectivity index (χ0v) is 16.7. The first kappa shape index (κ1) is 19.6. The molecule has 29 heavy (non-hydrogen) atoms. The van der Waals surface area contributed by atoms with Crippen molar-refractivity contribution in [1.82, 2.24) is 20.4 Å². The molecule has 2 heterocycles. The number of amides is 2. The molecular weight excluding hydrogens is 371 g/mol. The summed E-state index contributed by atoms with van der Waals surface area (Å²) >= 11 is 0. The van der Waals surface area contributed by atoms with E-state index in [0.29, 0.717) is 24.4 Å². The van der Waals surface area contributed by atoms with Crippen LogP contribution in [0.3, 0.4) is 0 Å². The Bertz CT molecular complexity index is 919. The number of aromatic nitrogens is 2. The Balaban J connectivity index is 1.46. The molecule has 6 nitrogen and oxygen atoms in total. The quantitative estimate of drug-likeness (QED) is 0.785. The smallest absolute Gasteiger partial charge is 0.255 e. The van der Waals surface area contributed by atoms with Crippen LogP contribution in [-0.2, 0) is 24.2 Å². The summed E-state index contributed by atoms with van der Waals surface area (Å²) in [4.78, 5) is 24.3. The number of carbonyl (C=O) groups excluding carboxylic acids is 2. The fourth-order valence-corrected chi connectivity index (χ4v) is 4.45. The largest absolute Gasteiger partial charge is 0.356 e. The molecule has 2 aliphatic rings. The number of hydrogen-bond acceptors (Lipinski definition) is 3. The third kappa shape index (κ3) is 4.33. The summed E-state index contributed by atoms with van der Waals surface area (Å²) in [5.41, 5.74) is 2.13. The lowest BCUT2D eigenvalue weighted by molar-refractivity contribution is -0.119. The predicted molar refractivity (Wildman–Crippen MR) is 107 cm³/mol. The molecule has 0 radical (unpaired) electrons. The molecular formula is C22H27FN4O2. The second-order valence-electron chi connectivity index (χ2n) is 8.42. The lowest BCUT2D eigenvalue weighted by atomic mass is 9.72. The van der Waals surface area contributed by atoms with Crippen molar-refractivity contribution in [2.45, 2.75) is 57.5 Å². The van der Waals surface area contributed by atoms with Gasteiger partial charge < -0.3 is 10.6 Å². The highest BCUT2D eigenvalue weighted by molar-refractivity contribution is 5.95. The molecule has 1 aliphatic heterocycles. The molecule has 1 atom stereocenters. The van der Waals surface area contributed by atoms with Crippen LogP contribution >= 0.6 is 0 Å². The molecule has 1 saturated carbocycles. The van der Waals surface area contributed by atoms with Crippen molar-refractivity contribution < 1.29 is 14.0 Å². The van der Waals surface area contributed by atoms with E-state index >= 15 is 0 Å². The number of benzene rings is 1. The number of fused-ring (bicyclic) bond motifs is 1. The van der Waals surface area contributed by atoms with Crippen molar-refractivity contribution in [1.29, 1.82) is 0 Å². The highest BCUT2D eigenvalue weighted by atomic mass is 19.1. The maximum atomic E-state index is 13.6. The van der Waals surface area contributed by atoms with Crippen LogP contribution in [0.1, 0.15) is 54.2 Å². The topological polar surface area (TPSA) is 76.0 Å². The van der Waals surface area contributed by atoms with Gasteiger partial charge in [0.05, 0.1) is 17.5 Å². The summed E-state index contributed by atoms with van der Waals surface area (Å²) in [7, 11) is 0. The van der Waals surface area contributed by atoms with E-state index in [1.54, 1.807) is 18.3 Å². The fourth-order valence-electron chi connectivity index (χ4n) is 4.45. The Morgan fingerprint density at radius 2 is 2.17 bits per heavy atom. The molecule has 1 fully saturated rings. The van der Waals surface area contributed by atoms with E-state index in [1.807, 2.05) is 10.7 Å². The first-order valence-corrected chi connectivity index (χ1v) is 10.3. The van der Waals surface area contributed by atoms with Gasteiger partial charge in [0.1, 0.15) is 5.82 Å². The molecule has 0 spiro atoms. The maximum absolute atomic E-state index is 13.6. The van der Waals surface area contributed by atoms with Crippen molar-refractivity contribution in [3.63, 3.8) is 0 Å². The molecule has 2 amide bonds. The van der Waals surface area contributed by atoms with Crippen LogP contribution in [0.4, 0.5) is 4.39 Å². The molecule has 4 rings (SSSR count). The minimum Gasteiger partial charge on any atom is -0.356 e. The molecule has 0 bridgehead atoms. The standard InChI is InChI=1S/C22H27FN4O2/c1-15(28)24-13-17-6-9-27-20(11-17)19(14-25-27)21(29)26-22(7-3-8-22)12-16-4-2-5-18(23)10-16/h2,4-5,10,14,17H,3,6-9,11-13H2,1H3,(H,24,28)(H,26,29). The number of halogens is 1. The summed E-state index contributed by atoms with van der Waals surface area (Å²) in [6.45, 7) is 2.88. The monoisotopic (exact) mass is 398 g/mol. The zero-order chi connectivity index (χ0) is 20.4. The van der Waals surface area contributed by atoms with Crippen molar-refractivity contribution in [2.24, 2.45) is 5.92 Å².